The molecule has 0 amide bonds. The Hall–Kier alpha value is -0.860. The highest BCUT2D eigenvalue weighted by Gasteiger charge is 2.42. The summed E-state index contributed by atoms with van der Waals surface area (Å²) < 4.78 is 5.85. The van der Waals surface area contributed by atoms with Gasteiger partial charge in [0.2, 0.25) is 0 Å². The van der Waals surface area contributed by atoms with Crippen molar-refractivity contribution in [3.63, 3.8) is 0 Å². The topological polar surface area (TPSA) is 21.3 Å². The third-order valence-electron chi connectivity index (χ3n) is 5.17. The van der Waals surface area contributed by atoms with Crippen LogP contribution in [0.1, 0.15) is 51.5 Å². The molecular weight excluding hydrogens is 246 g/mol. The zero-order valence-electron chi connectivity index (χ0n) is 12.8. The first-order chi connectivity index (χ1) is 9.71. The van der Waals surface area contributed by atoms with Crippen LogP contribution in [-0.4, -0.2) is 24.8 Å². The van der Waals surface area contributed by atoms with Crippen molar-refractivity contribution < 1.29 is 4.74 Å². The molecule has 0 spiro atoms. The van der Waals surface area contributed by atoms with E-state index in [2.05, 4.69) is 49.5 Å². The molecular formula is C18H27NO. The standard InChI is InChI=1S/C18H27NO/c1-3-16(17-10-7-11-20-17)19-15-12-18(2,13-15)14-8-5-4-6-9-14/h4-6,8-9,15-17,19H,3,7,10-13H2,1-2H3/t15?,16-,17-,18?/m1/s1. The SMILES string of the molecule is CC[C@@H](NC1CC(C)(c2ccccc2)C1)[C@H]1CCCO1. The van der Waals surface area contributed by atoms with Crippen molar-refractivity contribution in [3.05, 3.63) is 35.9 Å². The largest absolute Gasteiger partial charge is 0.377 e. The fraction of sp³-hybridized carbons (Fsp3) is 0.667. The Kier molecular flexibility index (Phi) is 4.13. The average molecular weight is 273 g/mol. The predicted molar refractivity (Wildman–Crippen MR) is 83.0 cm³/mol. The molecule has 0 unspecified atom stereocenters. The van der Waals surface area contributed by atoms with E-state index in [4.69, 9.17) is 4.74 Å². The van der Waals surface area contributed by atoms with E-state index in [-0.39, 0.29) is 0 Å². The van der Waals surface area contributed by atoms with Crippen LogP contribution in [0.2, 0.25) is 0 Å². The molecule has 3 rings (SSSR count). The fourth-order valence-electron chi connectivity index (χ4n) is 3.93. The van der Waals surface area contributed by atoms with E-state index in [0.29, 0.717) is 23.6 Å². The van der Waals surface area contributed by atoms with Gasteiger partial charge in [0.1, 0.15) is 0 Å². The summed E-state index contributed by atoms with van der Waals surface area (Å²) in [6.45, 7) is 5.62. The highest BCUT2D eigenvalue weighted by molar-refractivity contribution is 5.28. The van der Waals surface area contributed by atoms with Crippen molar-refractivity contribution in [2.45, 2.75) is 69.6 Å². The quantitative estimate of drug-likeness (QED) is 0.884. The number of ether oxygens (including phenoxy) is 1. The van der Waals surface area contributed by atoms with E-state index >= 15 is 0 Å². The molecule has 1 aromatic rings. The molecule has 0 radical (unpaired) electrons. The maximum atomic E-state index is 5.85. The minimum Gasteiger partial charge on any atom is -0.377 e. The second-order valence-electron chi connectivity index (χ2n) is 6.76. The average Bonchev–Trinajstić information content (AvgIpc) is 2.97. The molecule has 1 aliphatic carbocycles. The van der Waals surface area contributed by atoms with Crippen molar-refractivity contribution in [1.29, 1.82) is 0 Å². The Morgan fingerprint density at radius 2 is 2.05 bits per heavy atom. The van der Waals surface area contributed by atoms with Crippen LogP contribution in [0.3, 0.4) is 0 Å². The van der Waals surface area contributed by atoms with Gasteiger partial charge in [-0.1, -0.05) is 44.2 Å². The maximum Gasteiger partial charge on any atom is 0.0728 e. The molecule has 2 heteroatoms. The second kappa shape index (κ2) is 5.87. The summed E-state index contributed by atoms with van der Waals surface area (Å²) >= 11 is 0. The maximum absolute atomic E-state index is 5.85. The Labute approximate surface area is 122 Å². The first-order valence-electron chi connectivity index (χ1n) is 8.14. The van der Waals surface area contributed by atoms with E-state index in [0.717, 1.165) is 6.61 Å². The lowest BCUT2D eigenvalue weighted by Crippen LogP contribution is -2.55. The highest BCUT2D eigenvalue weighted by Crippen LogP contribution is 2.43. The molecule has 0 bridgehead atoms. The summed E-state index contributed by atoms with van der Waals surface area (Å²) in [6.07, 6.45) is 6.58. The van der Waals surface area contributed by atoms with Crippen molar-refractivity contribution in [2.75, 3.05) is 6.61 Å². The van der Waals surface area contributed by atoms with E-state index in [9.17, 15) is 0 Å². The van der Waals surface area contributed by atoms with Gasteiger partial charge in [0.15, 0.2) is 0 Å². The first kappa shape index (κ1) is 14.1. The third kappa shape index (κ3) is 2.77. The van der Waals surface area contributed by atoms with Gasteiger partial charge in [0, 0.05) is 18.7 Å². The lowest BCUT2D eigenvalue weighted by molar-refractivity contribution is 0.0588. The van der Waals surface area contributed by atoms with Gasteiger partial charge >= 0.3 is 0 Å². The summed E-state index contributed by atoms with van der Waals surface area (Å²) in [6, 6.07) is 12.2. The minimum atomic E-state index is 0.369. The number of nitrogens with one attached hydrogen (secondary N) is 1. The van der Waals surface area contributed by atoms with Gasteiger partial charge < -0.3 is 10.1 Å². The van der Waals surface area contributed by atoms with Crippen molar-refractivity contribution in [2.24, 2.45) is 0 Å². The molecule has 20 heavy (non-hydrogen) atoms. The van der Waals surface area contributed by atoms with Crippen LogP contribution in [0.15, 0.2) is 30.3 Å². The predicted octanol–water partition coefficient (Wildman–Crippen LogP) is 3.65. The Balaban J connectivity index is 1.54. The zero-order valence-corrected chi connectivity index (χ0v) is 12.8. The van der Waals surface area contributed by atoms with Gasteiger partial charge in [-0.25, -0.2) is 0 Å². The summed E-state index contributed by atoms with van der Waals surface area (Å²) in [4.78, 5) is 0. The lowest BCUT2D eigenvalue weighted by atomic mass is 9.63. The number of benzene rings is 1. The van der Waals surface area contributed by atoms with E-state index in [1.54, 1.807) is 0 Å². The minimum absolute atomic E-state index is 0.369. The lowest BCUT2D eigenvalue weighted by Gasteiger charge is -2.48. The van der Waals surface area contributed by atoms with Crippen LogP contribution in [0.25, 0.3) is 0 Å². The molecule has 1 aromatic carbocycles. The van der Waals surface area contributed by atoms with E-state index < -0.39 is 0 Å². The molecule has 2 fully saturated rings. The van der Waals surface area contributed by atoms with E-state index in [1.165, 1.54) is 37.7 Å². The van der Waals surface area contributed by atoms with Gasteiger partial charge in [-0.2, -0.15) is 0 Å². The molecule has 1 saturated carbocycles. The highest BCUT2D eigenvalue weighted by atomic mass is 16.5. The first-order valence-corrected chi connectivity index (χ1v) is 8.14. The van der Waals surface area contributed by atoms with Gasteiger partial charge in [-0.05, 0) is 43.1 Å². The Morgan fingerprint density at radius 1 is 1.30 bits per heavy atom. The van der Waals surface area contributed by atoms with Crippen molar-refractivity contribution in [3.8, 4) is 0 Å². The molecule has 2 nitrogen and oxygen atoms in total. The number of rotatable bonds is 5. The fourth-order valence-corrected chi connectivity index (χ4v) is 3.93. The Morgan fingerprint density at radius 3 is 2.65 bits per heavy atom. The van der Waals surface area contributed by atoms with Crippen LogP contribution >= 0.6 is 0 Å². The molecule has 110 valence electrons. The van der Waals surface area contributed by atoms with Crippen LogP contribution in [0, 0.1) is 0 Å². The molecule has 0 aromatic heterocycles. The number of hydrogen-bond acceptors (Lipinski definition) is 2. The smallest absolute Gasteiger partial charge is 0.0728 e. The van der Waals surface area contributed by atoms with E-state index in [1.807, 2.05) is 0 Å². The normalized spacial score (nSPS) is 34.7. The summed E-state index contributed by atoms with van der Waals surface area (Å²) in [5.74, 6) is 0. The molecule has 1 heterocycles. The third-order valence-corrected chi connectivity index (χ3v) is 5.17. The molecule has 1 aliphatic heterocycles. The van der Waals surface area contributed by atoms with Gasteiger partial charge in [-0.3, -0.25) is 0 Å². The summed E-state index contributed by atoms with van der Waals surface area (Å²) in [7, 11) is 0. The number of hydrogen-bond donors (Lipinski definition) is 1. The zero-order chi connectivity index (χ0) is 14.0. The van der Waals surface area contributed by atoms with Crippen molar-refractivity contribution >= 4 is 0 Å². The molecule has 2 aliphatic rings. The summed E-state index contributed by atoms with van der Waals surface area (Å²) in [5, 5.41) is 3.85. The van der Waals surface area contributed by atoms with Crippen molar-refractivity contribution in [1.82, 2.24) is 5.32 Å². The summed E-state index contributed by atoms with van der Waals surface area (Å²) in [5.41, 5.74) is 1.86. The molecule has 1 saturated heterocycles. The molecule has 2 atom stereocenters. The van der Waals surface area contributed by atoms with Crippen LogP contribution in [-0.2, 0) is 10.2 Å². The monoisotopic (exact) mass is 273 g/mol. The van der Waals surface area contributed by atoms with Gasteiger partial charge in [0.05, 0.1) is 6.10 Å². The Bertz CT molecular complexity index is 418. The van der Waals surface area contributed by atoms with Gasteiger partial charge in [-0.15, -0.1) is 0 Å². The van der Waals surface area contributed by atoms with Gasteiger partial charge in [0.25, 0.3) is 0 Å². The second-order valence-corrected chi connectivity index (χ2v) is 6.76. The van der Waals surface area contributed by atoms with Crippen LogP contribution in [0.4, 0.5) is 0 Å². The molecule has 1 N–H and O–H groups in total. The van der Waals surface area contributed by atoms with Crippen LogP contribution in [0.5, 0.6) is 0 Å². The van der Waals surface area contributed by atoms with Crippen LogP contribution < -0.4 is 5.32 Å².